The van der Waals surface area contributed by atoms with Crippen LogP contribution in [-0.4, -0.2) is 23.6 Å². The molecular formula is C42H42N4O4. The van der Waals surface area contributed by atoms with Gasteiger partial charge in [-0.1, -0.05) is 77.9 Å². The van der Waals surface area contributed by atoms with E-state index in [9.17, 15) is 19.2 Å². The van der Waals surface area contributed by atoms with E-state index in [1.165, 1.54) is 0 Å². The average molecular weight is 667 g/mol. The molecule has 0 atom stereocenters. The Hall–Kier alpha value is -6.02. The third kappa shape index (κ3) is 9.11. The number of nitrogens with one attached hydrogen (secondary N) is 4. The number of carbonyl (C=O) groups excluding carboxylic acids is 4. The van der Waals surface area contributed by atoms with Gasteiger partial charge < -0.3 is 21.3 Å². The molecule has 5 aromatic carbocycles. The molecule has 8 nitrogen and oxygen atoms in total. The molecule has 5 rings (SSSR count). The average Bonchev–Trinajstić information content (AvgIpc) is 3.08. The van der Waals surface area contributed by atoms with E-state index >= 15 is 0 Å². The first-order valence-electron chi connectivity index (χ1n) is 16.4. The number of anilines is 4. The fourth-order valence-corrected chi connectivity index (χ4v) is 5.18. The smallest absolute Gasteiger partial charge is 0.255 e. The third-order valence-corrected chi connectivity index (χ3v) is 8.19. The maximum atomic E-state index is 13.0. The van der Waals surface area contributed by atoms with Crippen molar-refractivity contribution in [3.8, 4) is 0 Å². The molecule has 4 N–H and O–H groups in total. The zero-order valence-corrected chi connectivity index (χ0v) is 29.2. The van der Waals surface area contributed by atoms with Crippen LogP contribution < -0.4 is 21.3 Å². The van der Waals surface area contributed by atoms with Gasteiger partial charge in [0.1, 0.15) is 0 Å². The van der Waals surface area contributed by atoms with Gasteiger partial charge in [-0.2, -0.15) is 0 Å². The van der Waals surface area contributed by atoms with Gasteiger partial charge >= 0.3 is 0 Å². The minimum absolute atomic E-state index is 0.0108. The molecule has 0 saturated carbocycles. The van der Waals surface area contributed by atoms with Gasteiger partial charge in [-0.25, -0.2) is 0 Å². The first-order chi connectivity index (χ1) is 23.7. The van der Waals surface area contributed by atoms with Gasteiger partial charge in [0, 0.05) is 45.0 Å². The Morgan fingerprint density at radius 3 is 0.800 bits per heavy atom. The number of benzene rings is 5. The van der Waals surface area contributed by atoms with Gasteiger partial charge in [0.25, 0.3) is 23.6 Å². The fourth-order valence-electron chi connectivity index (χ4n) is 5.18. The van der Waals surface area contributed by atoms with Crippen molar-refractivity contribution in [2.75, 3.05) is 21.3 Å². The summed E-state index contributed by atoms with van der Waals surface area (Å²) in [6, 6.07) is 35.1. The molecule has 254 valence electrons. The lowest BCUT2D eigenvalue weighted by molar-refractivity contribution is 0.101. The zero-order valence-electron chi connectivity index (χ0n) is 29.2. The minimum Gasteiger partial charge on any atom is -0.322 e. The van der Waals surface area contributed by atoms with Gasteiger partial charge in [0.05, 0.1) is 0 Å². The lowest BCUT2D eigenvalue weighted by Crippen LogP contribution is -2.16. The van der Waals surface area contributed by atoms with Crippen LogP contribution in [0.5, 0.6) is 0 Å². The Labute approximate surface area is 293 Å². The fraction of sp³-hybridized carbons (Fsp3) is 0.190. The molecular weight excluding hydrogens is 624 g/mol. The summed E-state index contributed by atoms with van der Waals surface area (Å²) in [7, 11) is 0. The van der Waals surface area contributed by atoms with Crippen LogP contribution in [0.4, 0.5) is 22.7 Å². The quantitative estimate of drug-likeness (QED) is 0.132. The van der Waals surface area contributed by atoms with E-state index < -0.39 is 0 Å². The van der Waals surface area contributed by atoms with Crippen molar-refractivity contribution in [1.29, 1.82) is 0 Å². The first-order valence-corrected chi connectivity index (χ1v) is 16.4. The largest absolute Gasteiger partial charge is 0.322 e. The van der Waals surface area contributed by atoms with Crippen LogP contribution in [-0.2, 0) is 10.8 Å². The molecule has 0 heterocycles. The summed E-state index contributed by atoms with van der Waals surface area (Å²) >= 11 is 0. The highest BCUT2D eigenvalue weighted by molar-refractivity contribution is 6.09. The molecule has 0 unspecified atom stereocenters. The van der Waals surface area contributed by atoms with Gasteiger partial charge in [-0.3, -0.25) is 19.2 Å². The van der Waals surface area contributed by atoms with E-state index in [4.69, 9.17) is 0 Å². The highest BCUT2D eigenvalue weighted by Gasteiger charge is 2.17. The van der Waals surface area contributed by atoms with Crippen molar-refractivity contribution in [1.82, 2.24) is 0 Å². The summed E-state index contributed by atoms with van der Waals surface area (Å²) in [5.74, 6) is -1.23. The van der Waals surface area contributed by atoms with Gasteiger partial charge in [0.15, 0.2) is 0 Å². The Bertz CT molecular complexity index is 1870. The summed E-state index contributed by atoms with van der Waals surface area (Å²) in [4.78, 5) is 51.7. The maximum Gasteiger partial charge on any atom is 0.255 e. The van der Waals surface area contributed by atoms with Crippen molar-refractivity contribution >= 4 is 46.4 Å². The molecule has 0 bridgehead atoms. The zero-order chi connectivity index (χ0) is 36.1. The predicted molar refractivity (Wildman–Crippen MR) is 201 cm³/mol. The highest BCUT2D eigenvalue weighted by Crippen LogP contribution is 2.25. The molecule has 0 aliphatic rings. The van der Waals surface area contributed by atoms with Crippen LogP contribution in [0.1, 0.15) is 94.1 Å². The molecule has 0 spiro atoms. The summed E-state index contributed by atoms with van der Waals surface area (Å²) in [5, 5.41) is 11.4. The normalized spacial score (nSPS) is 11.3. The molecule has 4 amide bonds. The molecule has 5 aromatic rings. The van der Waals surface area contributed by atoms with Gasteiger partial charge in [-0.05, 0) is 107 Å². The number of rotatable bonds is 8. The minimum atomic E-state index is -0.366. The third-order valence-electron chi connectivity index (χ3n) is 8.19. The summed E-state index contributed by atoms with van der Waals surface area (Å²) < 4.78 is 0. The van der Waals surface area contributed by atoms with Crippen molar-refractivity contribution in [2.45, 2.75) is 52.4 Å². The number of amides is 4. The Kier molecular flexibility index (Phi) is 10.3. The summed E-state index contributed by atoms with van der Waals surface area (Å²) in [6.07, 6.45) is 0. The second kappa shape index (κ2) is 14.6. The van der Waals surface area contributed by atoms with Gasteiger partial charge in [0.2, 0.25) is 0 Å². The van der Waals surface area contributed by atoms with Crippen LogP contribution in [0.3, 0.4) is 0 Å². The number of hydrogen-bond acceptors (Lipinski definition) is 4. The van der Waals surface area contributed by atoms with Crippen LogP contribution >= 0.6 is 0 Å². The maximum absolute atomic E-state index is 13.0. The van der Waals surface area contributed by atoms with Crippen molar-refractivity contribution in [2.24, 2.45) is 0 Å². The van der Waals surface area contributed by atoms with Crippen molar-refractivity contribution in [3.05, 3.63) is 155 Å². The second-order valence-electron chi connectivity index (χ2n) is 14.2. The molecule has 0 fully saturated rings. The summed E-state index contributed by atoms with van der Waals surface area (Å²) in [6.45, 7) is 12.7. The van der Waals surface area contributed by atoms with E-state index in [2.05, 4.69) is 62.8 Å². The second-order valence-corrected chi connectivity index (χ2v) is 14.2. The van der Waals surface area contributed by atoms with E-state index in [1.54, 1.807) is 97.1 Å². The highest BCUT2D eigenvalue weighted by atomic mass is 16.2. The topological polar surface area (TPSA) is 116 Å². The Balaban J connectivity index is 1.16. The predicted octanol–water partition coefficient (Wildman–Crippen LogP) is 9.29. The van der Waals surface area contributed by atoms with Crippen LogP contribution in [0.15, 0.2) is 121 Å². The van der Waals surface area contributed by atoms with Gasteiger partial charge in [-0.15, -0.1) is 0 Å². The molecule has 0 aliphatic heterocycles. The van der Waals surface area contributed by atoms with Crippen LogP contribution in [0.25, 0.3) is 0 Å². The van der Waals surface area contributed by atoms with Crippen molar-refractivity contribution in [3.63, 3.8) is 0 Å². The molecule has 50 heavy (non-hydrogen) atoms. The molecule has 8 heteroatoms. The Morgan fingerprint density at radius 2 is 0.580 bits per heavy atom. The van der Waals surface area contributed by atoms with Crippen LogP contribution in [0.2, 0.25) is 0 Å². The molecule has 0 aromatic heterocycles. The molecule has 0 radical (unpaired) electrons. The lowest BCUT2D eigenvalue weighted by Gasteiger charge is -2.19. The lowest BCUT2D eigenvalue weighted by atomic mass is 9.86. The van der Waals surface area contributed by atoms with E-state index in [0.717, 1.165) is 11.1 Å². The summed E-state index contributed by atoms with van der Waals surface area (Å²) in [5.41, 5.74) is 6.13. The van der Waals surface area contributed by atoms with E-state index in [1.807, 2.05) is 24.3 Å². The van der Waals surface area contributed by atoms with Crippen LogP contribution in [0, 0.1) is 0 Å². The standard InChI is InChI=1S/C42H42N4O4/c1-41(2,3)31-21-17-29(18-22-31)39(49)45-35-11-7-9-33(25-35)43-37(47)27-13-15-28(16-14-27)38(48)44-34-10-8-12-36(26-34)46-40(50)30-19-23-32(24-20-30)42(4,5)6/h7-26H,1-6H3,(H,43,47)(H,44,48)(H,45,49)(H,46,50). The number of carbonyl (C=O) groups is 4. The Morgan fingerprint density at radius 1 is 0.360 bits per heavy atom. The number of hydrogen-bond donors (Lipinski definition) is 4. The van der Waals surface area contributed by atoms with E-state index in [-0.39, 0.29) is 34.5 Å². The SMILES string of the molecule is CC(C)(C)c1ccc(C(=O)Nc2cccc(NC(=O)c3ccc(C(=O)Nc4cccc(NC(=O)c5ccc(C(C)(C)C)cc5)c4)cc3)c2)cc1. The molecule has 0 saturated heterocycles. The van der Waals surface area contributed by atoms with Crippen molar-refractivity contribution < 1.29 is 19.2 Å². The first kappa shape index (κ1) is 35.3. The molecule has 0 aliphatic carbocycles. The monoisotopic (exact) mass is 666 g/mol. The van der Waals surface area contributed by atoms with E-state index in [0.29, 0.717) is 45.0 Å².